The van der Waals surface area contributed by atoms with Crippen molar-refractivity contribution < 1.29 is 9.47 Å². The summed E-state index contributed by atoms with van der Waals surface area (Å²) in [4.78, 5) is 0. The summed E-state index contributed by atoms with van der Waals surface area (Å²) in [7, 11) is 3.33. The number of fused-ring (bicyclic) bond motifs is 3. The first kappa shape index (κ1) is 16.5. The third-order valence-corrected chi connectivity index (χ3v) is 5.03. The van der Waals surface area contributed by atoms with Crippen LogP contribution in [0.15, 0.2) is 60.7 Å². The van der Waals surface area contributed by atoms with E-state index in [9.17, 15) is 0 Å². The van der Waals surface area contributed by atoms with Crippen LogP contribution in [0, 0.1) is 0 Å². The number of ether oxygens (including phenoxy) is 2. The van der Waals surface area contributed by atoms with Crippen LogP contribution < -0.4 is 14.8 Å². The van der Waals surface area contributed by atoms with Crippen molar-refractivity contribution in [1.29, 1.82) is 0 Å². The predicted octanol–water partition coefficient (Wildman–Crippen LogP) is 4.93. The Labute approximate surface area is 154 Å². The number of hydrogen-bond donors (Lipinski definition) is 1. The standard InChI is InChI=1S/C23H23NO2/c1-25-22-11-10-16(14-23(22)26-2)12-13-24-21-9-5-8-19-18-7-4-3-6-17(18)15-20(19)21/h3-11,14,24H,12-13,15H2,1-2H3. The lowest BCUT2D eigenvalue weighted by atomic mass is 10.0. The van der Waals surface area contributed by atoms with Gasteiger partial charge in [-0.15, -0.1) is 0 Å². The molecule has 4 rings (SSSR count). The predicted molar refractivity (Wildman–Crippen MR) is 106 cm³/mol. The van der Waals surface area contributed by atoms with Crippen LogP contribution in [0.4, 0.5) is 5.69 Å². The molecule has 3 aromatic rings. The maximum absolute atomic E-state index is 5.39. The summed E-state index contributed by atoms with van der Waals surface area (Å²) in [5.74, 6) is 1.55. The van der Waals surface area contributed by atoms with E-state index < -0.39 is 0 Å². The van der Waals surface area contributed by atoms with Gasteiger partial charge in [-0.25, -0.2) is 0 Å². The van der Waals surface area contributed by atoms with Crippen LogP contribution in [0.5, 0.6) is 11.5 Å². The van der Waals surface area contributed by atoms with Crippen LogP contribution in [-0.2, 0) is 12.8 Å². The minimum absolute atomic E-state index is 0.767. The first-order chi connectivity index (χ1) is 12.8. The first-order valence-corrected chi connectivity index (χ1v) is 8.95. The quantitative estimate of drug-likeness (QED) is 0.537. The molecule has 0 fully saturated rings. The molecule has 26 heavy (non-hydrogen) atoms. The summed E-state index contributed by atoms with van der Waals surface area (Å²) in [5, 5.41) is 3.62. The molecule has 0 radical (unpaired) electrons. The van der Waals surface area contributed by atoms with E-state index in [0.717, 1.165) is 30.9 Å². The highest BCUT2D eigenvalue weighted by atomic mass is 16.5. The van der Waals surface area contributed by atoms with E-state index in [2.05, 4.69) is 53.8 Å². The van der Waals surface area contributed by atoms with Crippen molar-refractivity contribution in [1.82, 2.24) is 0 Å². The Bertz CT molecular complexity index is 933. The van der Waals surface area contributed by atoms with Crippen LogP contribution in [0.3, 0.4) is 0 Å². The molecule has 3 heteroatoms. The first-order valence-electron chi connectivity index (χ1n) is 8.95. The SMILES string of the molecule is COc1ccc(CCNc2cccc3c2Cc2ccccc2-3)cc1OC. The lowest BCUT2D eigenvalue weighted by molar-refractivity contribution is 0.354. The van der Waals surface area contributed by atoms with E-state index in [1.807, 2.05) is 12.1 Å². The van der Waals surface area contributed by atoms with Crippen molar-refractivity contribution in [2.24, 2.45) is 0 Å². The highest BCUT2D eigenvalue weighted by molar-refractivity contribution is 5.81. The van der Waals surface area contributed by atoms with Gasteiger partial charge in [0.2, 0.25) is 0 Å². The fourth-order valence-electron chi connectivity index (χ4n) is 3.70. The third-order valence-electron chi connectivity index (χ3n) is 5.03. The van der Waals surface area contributed by atoms with Crippen molar-refractivity contribution in [2.45, 2.75) is 12.8 Å². The fourth-order valence-corrected chi connectivity index (χ4v) is 3.70. The number of anilines is 1. The molecule has 1 aliphatic carbocycles. The largest absolute Gasteiger partial charge is 0.493 e. The van der Waals surface area contributed by atoms with Crippen molar-refractivity contribution in [3.63, 3.8) is 0 Å². The molecule has 0 saturated carbocycles. The number of hydrogen-bond acceptors (Lipinski definition) is 3. The van der Waals surface area contributed by atoms with Crippen molar-refractivity contribution in [3.8, 4) is 22.6 Å². The van der Waals surface area contributed by atoms with Crippen molar-refractivity contribution >= 4 is 5.69 Å². The van der Waals surface area contributed by atoms with Crippen LogP contribution >= 0.6 is 0 Å². The molecular weight excluding hydrogens is 322 g/mol. The van der Waals surface area contributed by atoms with E-state index in [4.69, 9.17) is 9.47 Å². The van der Waals surface area contributed by atoms with Gasteiger partial charge in [0.1, 0.15) is 0 Å². The summed E-state index contributed by atoms with van der Waals surface area (Å²) in [6.07, 6.45) is 1.93. The minimum atomic E-state index is 0.767. The van der Waals surface area contributed by atoms with E-state index in [1.54, 1.807) is 14.2 Å². The average molecular weight is 345 g/mol. The lowest BCUT2D eigenvalue weighted by Crippen LogP contribution is -2.07. The van der Waals surface area contributed by atoms with Crippen LogP contribution in [-0.4, -0.2) is 20.8 Å². The Hall–Kier alpha value is -2.94. The Morgan fingerprint density at radius 3 is 2.50 bits per heavy atom. The molecule has 0 unspecified atom stereocenters. The van der Waals surface area contributed by atoms with E-state index in [-0.39, 0.29) is 0 Å². The smallest absolute Gasteiger partial charge is 0.160 e. The fraction of sp³-hybridized carbons (Fsp3) is 0.217. The Morgan fingerprint density at radius 2 is 1.65 bits per heavy atom. The van der Waals surface area contributed by atoms with Gasteiger partial charge in [-0.3, -0.25) is 0 Å². The molecular formula is C23H23NO2. The van der Waals surface area contributed by atoms with Gasteiger partial charge in [0.25, 0.3) is 0 Å². The zero-order chi connectivity index (χ0) is 17.9. The molecule has 0 spiro atoms. The average Bonchev–Trinajstić information content (AvgIpc) is 3.07. The molecule has 132 valence electrons. The highest BCUT2D eigenvalue weighted by Gasteiger charge is 2.20. The monoisotopic (exact) mass is 345 g/mol. The lowest BCUT2D eigenvalue weighted by Gasteiger charge is -2.13. The second-order valence-corrected chi connectivity index (χ2v) is 6.53. The third kappa shape index (κ3) is 3.01. The molecule has 0 heterocycles. The van der Waals surface area contributed by atoms with Gasteiger partial charge in [0.05, 0.1) is 14.2 Å². The van der Waals surface area contributed by atoms with Crippen LogP contribution in [0.25, 0.3) is 11.1 Å². The van der Waals surface area contributed by atoms with Crippen molar-refractivity contribution in [3.05, 3.63) is 77.4 Å². The van der Waals surface area contributed by atoms with E-state index in [0.29, 0.717) is 0 Å². The van der Waals surface area contributed by atoms with Gasteiger partial charge in [-0.2, -0.15) is 0 Å². The zero-order valence-electron chi connectivity index (χ0n) is 15.2. The molecule has 0 aromatic heterocycles. The molecule has 1 aliphatic rings. The molecule has 3 aromatic carbocycles. The van der Waals surface area contributed by atoms with E-state index >= 15 is 0 Å². The van der Waals surface area contributed by atoms with Gasteiger partial charge in [-0.1, -0.05) is 42.5 Å². The zero-order valence-corrected chi connectivity index (χ0v) is 15.2. The van der Waals surface area contributed by atoms with Gasteiger partial charge < -0.3 is 14.8 Å². The second-order valence-electron chi connectivity index (χ2n) is 6.53. The number of methoxy groups -OCH3 is 2. The Balaban J connectivity index is 1.47. The van der Waals surface area contributed by atoms with Gasteiger partial charge in [0, 0.05) is 18.7 Å². The molecule has 0 amide bonds. The highest BCUT2D eigenvalue weighted by Crippen LogP contribution is 2.40. The second kappa shape index (κ2) is 7.12. The minimum Gasteiger partial charge on any atom is -0.493 e. The summed E-state index contributed by atoms with van der Waals surface area (Å²) >= 11 is 0. The number of benzene rings is 3. The van der Waals surface area contributed by atoms with E-state index in [1.165, 1.54) is 33.5 Å². The summed E-state index contributed by atoms with van der Waals surface area (Å²) in [6, 6.07) is 21.3. The van der Waals surface area contributed by atoms with Crippen LogP contribution in [0.2, 0.25) is 0 Å². The molecule has 0 bridgehead atoms. The molecule has 3 nitrogen and oxygen atoms in total. The summed E-state index contributed by atoms with van der Waals surface area (Å²) in [6.45, 7) is 0.877. The van der Waals surface area contributed by atoms with Gasteiger partial charge >= 0.3 is 0 Å². The Kier molecular flexibility index (Phi) is 4.53. The molecule has 0 atom stereocenters. The topological polar surface area (TPSA) is 30.5 Å². The van der Waals surface area contributed by atoms with Gasteiger partial charge in [-0.05, 0) is 52.4 Å². The van der Waals surface area contributed by atoms with Crippen LogP contribution in [0.1, 0.15) is 16.7 Å². The summed E-state index contributed by atoms with van der Waals surface area (Å²) < 4.78 is 10.7. The molecule has 0 saturated heterocycles. The maximum Gasteiger partial charge on any atom is 0.160 e. The maximum atomic E-state index is 5.39. The molecule has 0 aliphatic heterocycles. The Morgan fingerprint density at radius 1 is 0.846 bits per heavy atom. The van der Waals surface area contributed by atoms with Gasteiger partial charge in [0.15, 0.2) is 11.5 Å². The summed E-state index contributed by atoms with van der Waals surface area (Å²) in [5.41, 5.74) is 8.01. The molecule has 1 N–H and O–H groups in total. The normalized spacial score (nSPS) is 11.6. The number of nitrogens with one attached hydrogen (secondary N) is 1. The number of rotatable bonds is 6. The van der Waals surface area contributed by atoms with Crippen molar-refractivity contribution in [2.75, 3.05) is 26.1 Å².